The van der Waals surface area contributed by atoms with Crippen molar-refractivity contribution in [3.05, 3.63) is 12.3 Å². The average Bonchev–Trinajstić information content (AvgIpc) is 2.14. The van der Waals surface area contributed by atoms with Crippen LogP contribution in [0.2, 0.25) is 0 Å². The van der Waals surface area contributed by atoms with Crippen LogP contribution < -0.4 is 0 Å². The van der Waals surface area contributed by atoms with Crippen molar-refractivity contribution in [2.75, 3.05) is 13.1 Å². The maximum Gasteiger partial charge on any atom is 0.202 e. The number of hydrogen-bond acceptors (Lipinski definition) is 2. The van der Waals surface area contributed by atoms with Crippen molar-refractivity contribution in [3.8, 4) is 11.8 Å². The fraction of sp³-hybridized carbons (Fsp3) is 0.545. The predicted octanol–water partition coefficient (Wildman–Crippen LogP) is 1.58. The van der Waals surface area contributed by atoms with Gasteiger partial charge >= 0.3 is 0 Å². The number of ketones is 1. The van der Waals surface area contributed by atoms with E-state index in [2.05, 4.69) is 16.7 Å². The highest BCUT2D eigenvalue weighted by atomic mass is 16.1. The summed E-state index contributed by atoms with van der Waals surface area (Å²) in [5, 5.41) is 0. The third-order valence-electron chi connectivity index (χ3n) is 2.01. The van der Waals surface area contributed by atoms with Crippen LogP contribution in [0, 0.1) is 11.8 Å². The van der Waals surface area contributed by atoms with Gasteiger partial charge in [-0.2, -0.15) is 0 Å². The van der Waals surface area contributed by atoms with Crippen LogP contribution in [0.15, 0.2) is 12.3 Å². The summed E-state index contributed by atoms with van der Waals surface area (Å²) >= 11 is 0. The number of allylic oxidation sites excluding steroid dienone is 1. The van der Waals surface area contributed by atoms with Crippen LogP contribution >= 0.6 is 0 Å². The van der Waals surface area contributed by atoms with E-state index < -0.39 is 0 Å². The fourth-order valence-corrected chi connectivity index (χ4v) is 1.35. The normalized spacial score (nSPS) is 16.8. The first-order chi connectivity index (χ1) is 6.29. The van der Waals surface area contributed by atoms with Gasteiger partial charge in [0.15, 0.2) is 0 Å². The Balaban J connectivity index is 2.31. The van der Waals surface area contributed by atoms with Crippen LogP contribution in [-0.2, 0) is 4.79 Å². The maximum atomic E-state index is 10.5. The van der Waals surface area contributed by atoms with E-state index >= 15 is 0 Å². The van der Waals surface area contributed by atoms with Crippen molar-refractivity contribution in [2.24, 2.45) is 0 Å². The number of rotatable bonds is 1. The van der Waals surface area contributed by atoms with Gasteiger partial charge in [0.1, 0.15) is 0 Å². The molecule has 70 valence electrons. The van der Waals surface area contributed by atoms with E-state index in [0.29, 0.717) is 0 Å². The molecule has 1 heterocycles. The number of likely N-dealkylation sites (tertiary alicyclic amines) is 1. The summed E-state index contributed by atoms with van der Waals surface area (Å²) in [7, 11) is 0. The molecule has 13 heavy (non-hydrogen) atoms. The second-order valence-electron chi connectivity index (χ2n) is 3.24. The average molecular weight is 177 g/mol. The summed E-state index contributed by atoms with van der Waals surface area (Å²) in [5.74, 6) is 5.11. The molecule has 2 heteroatoms. The SMILES string of the molecule is CC(=O)C#CC=CN1CCCCC1. The number of carbonyl (C=O) groups is 1. The van der Waals surface area contributed by atoms with Gasteiger partial charge in [0, 0.05) is 32.3 Å². The van der Waals surface area contributed by atoms with E-state index in [1.54, 1.807) is 6.08 Å². The lowest BCUT2D eigenvalue weighted by molar-refractivity contribution is -0.111. The van der Waals surface area contributed by atoms with Gasteiger partial charge in [-0.3, -0.25) is 4.79 Å². The van der Waals surface area contributed by atoms with Crippen LogP contribution in [0.1, 0.15) is 26.2 Å². The minimum absolute atomic E-state index is 0.0803. The van der Waals surface area contributed by atoms with E-state index in [0.717, 1.165) is 13.1 Å². The van der Waals surface area contributed by atoms with Gasteiger partial charge in [0.25, 0.3) is 0 Å². The molecule has 0 aromatic heterocycles. The van der Waals surface area contributed by atoms with Crippen molar-refractivity contribution in [1.82, 2.24) is 4.90 Å². The predicted molar refractivity (Wildman–Crippen MR) is 53.0 cm³/mol. The molecule has 0 bridgehead atoms. The van der Waals surface area contributed by atoms with Crippen LogP contribution in [0.5, 0.6) is 0 Å². The molecule has 0 radical (unpaired) electrons. The Kier molecular flexibility index (Phi) is 4.11. The highest BCUT2D eigenvalue weighted by Crippen LogP contribution is 2.08. The highest BCUT2D eigenvalue weighted by molar-refractivity contribution is 5.93. The zero-order chi connectivity index (χ0) is 9.52. The molecule has 0 saturated carbocycles. The van der Waals surface area contributed by atoms with Gasteiger partial charge in [0.2, 0.25) is 5.78 Å². The lowest BCUT2D eigenvalue weighted by atomic mass is 10.1. The monoisotopic (exact) mass is 177 g/mol. The van der Waals surface area contributed by atoms with Gasteiger partial charge in [0.05, 0.1) is 0 Å². The largest absolute Gasteiger partial charge is 0.377 e. The smallest absolute Gasteiger partial charge is 0.202 e. The first-order valence-electron chi connectivity index (χ1n) is 4.72. The summed E-state index contributed by atoms with van der Waals surface area (Å²) in [6.07, 6.45) is 7.61. The Morgan fingerprint density at radius 1 is 1.31 bits per heavy atom. The Morgan fingerprint density at radius 2 is 2.00 bits per heavy atom. The zero-order valence-corrected chi connectivity index (χ0v) is 8.05. The maximum absolute atomic E-state index is 10.5. The molecule has 0 N–H and O–H groups in total. The molecule has 0 atom stereocenters. The first kappa shape index (κ1) is 9.85. The molecule has 0 amide bonds. The fourth-order valence-electron chi connectivity index (χ4n) is 1.35. The standard InChI is InChI=1S/C11H15NO/c1-11(13)7-3-6-10-12-8-4-2-5-9-12/h6,10H,2,4-5,8-9H2,1H3. The van der Waals surface area contributed by atoms with Gasteiger partial charge in [-0.25, -0.2) is 0 Å². The van der Waals surface area contributed by atoms with Gasteiger partial charge in [-0.05, 0) is 25.2 Å². The van der Waals surface area contributed by atoms with Gasteiger partial charge in [-0.15, -0.1) is 0 Å². The topological polar surface area (TPSA) is 20.3 Å². The third kappa shape index (κ3) is 4.37. The summed E-state index contributed by atoms with van der Waals surface area (Å²) in [6, 6.07) is 0. The highest BCUT2D eigenvalue weighted by Gasteiger charge is 2.03. The molecule has 0 unspecified atom stereocenters. The Labute approximate surface area is 79.6 Å². The second kappa shape index (κ2) is 5.42. The lowest BCUT2D eigenvalue weighted by Crippen LogP contribution is -2.23. The van der Waals surface area contributed by atoms with Gasteiger partial charge in [-0.1, -0.05) is 5.92 Å². The Morgan fingerprint density at radius 3 is 2.62 bits per heavy atom. The number of piperidine rings is 1. The number of Topliss-reactive ketones (excluding diaryl/α,β-unsaturated/α-hetero) is 1. The molecule has 0 aromatic carbocycles. The second-order valence-corrected chi connectivity index (χ2v) is 3.24. The number of carbonyl (C=O) groups excluding carboxylic acids is 1. The van der Waals surface area contributed by atoms with E-state index in [1.807, 2.05) is 6.20 Å². The van der Waals surface area contributed by atoms with Gasteiger partial charge < -0.3 is 4.90 Å². The molecule has 0 aliphatic carbocycles. The lowest BCUT2D eigenvalue weighted by Gasteiger charge is -2.24. The molecule has 1 rings (SSSR count). The van der Waals surface area contributed by atoms with Crippen molar-refractivity contribution >= 4 is 5.78 Å². The first-order valence-corrected chi connectivity index (χ1v) is 4.72. The van der Waals surface area contributed by atoms with Crippen LogP contribution in [-0.4, -0.2) is 23.8 Å². The molecule has 0 aromatic rings. The quantitative estimate of drug-likeness (QED) is 0.447. The number of hydrogen-bond donors (Lipinski definition) is 0. The Hall–Kier alpha value is -1.23. The van der Waals surface area contributed by atoms with Crippen LogP contribution in [0.3, 0.4) is 0 Å². The van der Waals surface area contributed by atoms with E-state index in [1.165, 1.54) is 26.2 Å². The van der Waals surface area contributed by atoms with E-state index in [-0.39, 0.29) is 5.78 Å². The molecular formula is C11H15NO. The molecular weight excluding hydrogens is 162 g/mol. The molecule has 0 spiro atoms. The minimum atomic E-state index is -0.0803. The van der Waals surface area contributed by atoms with Crippen LogP contribution in [0.25, 0.3) is 0 Å². The van der Waals surface area contributed by atoms with Crippen LogP contribution in [0.4, 0.5) is 0 Å². The van der Waals surface area contributed by atoms with E-state index in [4.69, 9.17) is 0 Å². The molecule has 1 saturated heterocycles. The third-order valence-corrected chi connectivity index (χ3v) is 2.01. The minimum Gasteiger partial charge on any atom is -0.377 e. The van der Waals surface area contributed by atoms with Crippen molar-refractivity contribution in [3.63, 3.8) is 0 Å². The molecule has 1 aliphatic rings. The summed E-state index contributed by atoms with van der Waals surface area (Å²) in [4.78, 5) is 12.7. The van der Waals surface area contributed by atoms with Crippen molar-refractivity contribution in [2.45, 2.75) is 26.2 Å². The summed E-state index contributed by atoms with van der Waals surface area (Å²) < 4.78 is 0. The van der Waals surface area contributed by atoms with E-state index in [9.17, 15) is 4.79 Å². The Bertz CT molecular complexity index is 251. The molecule has 1 aliphatic heterocycles. The summed E-state index contributed by atoms with van der Waals surface area (Å²) in [6.45, 7) is 3.72. The number of nitrogens with zero attached hydrogens (tertiary/aromatic N) is 1. The molecule has 2 nitrogen and oxygen atoms in total. The van der Waals surface area contributed by atoms with Crippen molar-refractivity contribution in [1.29, 1.82) is 0 Å². The summed E-state index contributed by atoms with van der Waals surface area (Å²) in [5.41, 5.74) is 0. The zero-order valence-electron chi connectivity index (χ0n) is 8.05. The molecule has 1 fully saturated rings. The van der Waals surface area contributed by atoms with Crippen molar-refractivity contribution < 1.29 is 4.79 Å².